The molecule has 3 N–H and O–H groups in total. The lowest BCUT2D eigenvalue weighted by Crippen LogP contribution is -2.12. The highest BCUT2D eigenvalue weighted by Gasteiger charge is 2.26. The molecule has 0 saturated carbocycles. The van der Waals surface area contributed by atoms with Gasteiger partial charge in [-0.05, 0) is 82.8 Å². The average molecular weight is 571 g/mol. The Morgan fingerprint density at radius 3 is 2.46 bits per heavy atom. The highest BCUT2D eigenvalue weighted by molar-refractivity contribution is 7.99. The van der Waals surface area contributed by atoms with Gasteiger partial charge in [0.1, 0.15) is 17.3 Å². The number of nitrogens with one attached hydrogen (secondary N) is 1. The summed E-state index contributed by atoms with van der Waals surface area (Å²) in [5.74, 6) is 0.531. The summed E-state index contributed by atoms with van der Waals surface area (Å²) in [6, 6.07) is 11.6. The number of hydrogen-bond donors (Lipinski definition) is 3. The summed E-state index contributed by atoms with van der Waals surface area (Å²) in [5, 5.41) is 2.83. The van der Waals surface area contributed by atoms with Gasteiger partial charge in [-0.15, -0.1) is 11.8 Å². The minimum atomic E-state index is -4.13. The van der Waals surface area contributed by atoms with Crippen LogP contribution < -0.4 is 14.8 Å². The number of hydrogen-bond acceptors (Lipinski definition) is 6. The van der Waals surface area contributed by atoms with Crippen LogP contribution in [0.3, 0.4) is 0 Å². The van der Waals surface area contributed by atoms with E-state index in [1.165, 1.54) is 38.1 Å². The summed E-state index contributed by atoms with van der Waals surface area (Å²) in [4.78, 5) is 35.9. The smallest absolute Gasteiger partial charge is 0.326 e. The third-order valence-corrected chi connectivity index (χ3v) is 8.37. The number of thioether (sulfide) groups is 1. The van der Waals surface area contributed by atoms with Gasteiger partial charge in [-0.1, -0.05) is 6.07 Å². The Bertz CT molecular complexity index is 1480. The maximum Gasteiger partial charge on any atom is 0.326 e. The molecule has 0 atom stereocenters. The number of benzene rings is 2. The molecule has 4 rings (SSSR count). The van der Waals surface area contributed by atoms with Gasteiger partial charge in [0.15, 0.2) is 0 Å². The zero-order chi connectivity index (χ0) is 28.2. The fourth-order valence-electron chi connectivity index (χ4n) is 4.34. The lowest BCUT2D eigenvalue weighted by Gasteiger charge is -2.15. The van der Waals surface area contributed by atoms with E-state index in [4.69, 9.17) is 9.47 Å². The molecule has 1 aliphatic rings. The number of aromatic nitrogens is 1. The van der Waals surface area contributed by atoms with E-state index in [-0.39, 0.29) is 24.2 Å². The van der Waals surface area contributed by atoms with Crippen molar-refractivity contribution in [3.8, 4) is 11.5 Å². The molecule has 0 radical (unpaired) electrons. The van der Waals surface area contributed by atoms with E-state index in [0.29, 0.717) is 27.6 Å². The number of anilines is 1. The first-order chi connectivity index (χ1) is 18.6. The Labute approximate surface area is 230 Å². The van der Waals surface area contributed by atoms with Crippen LogP contribution in [0, 0.1) is 5.82 Å². The molecule has 1 aromatic heterocycles. The summed E-state index contributed by atoms with van der Waals surface area (Å²) in [7, 11) is -1.11. The van der Waals surface area contributed by atoms with Crippen LogP contribution in [0.5, 0.6) is 11.5 Å². The van der Waals surface area contributed by atoms with Crippen molar-refractivity contribution >= 4 is 48.2 Å². The fourth-order valence-corrected chi connectivity index (χ4v) is 6.43. The normalized spacial score (nSPS) is 13.9. The predicted molar refractivity (Wildman–Crippen MR) is 152 cm³/mol. The Morgan fingerprint density at radius 2 is 1.85 bits per heavy atom. The number of halogens is 1. The molecule has 204 valence electrons. The molecule has 0 fully saturated rings. The number of carbonyl (C=O) groups is 1. The molecular formula is C28H28FN2O6PS. The number of ether oxygens (including phenoxy) is 2. The maximum absolute atomic E-state index is 14.3. The Kier molecular flexibility index (Phi) is 8.92. The second kappa shape index (κ2) is 12.2. The van der Waals surface area contributed by atoms with E-state index >= 15 is 0 Å². The van der Waals surface area contributed by atoms with Crippen molar-refractivity contribution in [3.05, 3.63) is 82.9 Å². The van der Waals surface area contributed by atoms with E-state index in [9.17, 15) is 23.5 Å². The lowest BCUT2D eigenvalue weighted by molar-refractivity contribution is -0.115. The number of amides is 1. The van der Waals surface area contributed by atoms with Gasteiger partial charge in [0.05, 0.1) is 43.6 Å². The third-order valence-electron chi connectivity index (χ3n) is 6.16. The van der Waals surface area contributed by atoms with Crippen LogP contribution in [0.2, 0.25) is 0 Å². The third kappa shape index (κ3) is 6.96. The van der Waals surface area contributed by atoms with Crippen molar-refractivity contribution in [1.29, 1.82) is 0 Å². The maximum atomic E-state index is 14.3. The van der Waals surface area contributed by atoms with Crippen LogP contribution in [0.4, 0.5) is 10.1 Å². The standard InChI is InChI=1S/C28H28FN2O6PS/c1-17-22(11-18-12-25(36-2)28(26(13-18)37-3)39-10-9-38(33,34)35)21-7-6-19(29)14-24(21)23(17)15-27(32)31-20-5-4-8-30-16-20/h4-8,11-14,16H,9-10,15H2,1-3H3,(H,31,32)(H2,33,34,35)/b22-11-. The van der Waals surface area contributed by atoms with Crippen molar-refractivity contribution in [2.75, 3.05) is 31.5 Å². The Morgan fingerprint density at radius 1 is 1.13 bits per heavy atom. The van der Waals surface area contributed by atoms with Crippen molar-refractivity contribution in [2.24, 2.45) is 0 Å². The minimum Gasteiger partial charge on any atom is -0.495 e. The highest BCUT2D eigenvalue weighted by atomic mass is 32.2. The van der Waals surface area contributed by atoms with Gasteiger partial charge < -0.3 is 24.6 Å². The number of allylic oxidation sites excluding steroid dienone is 2. The summed E-state index contributed by atoms with van der Waals surface area (Å²) >= 11 is 1.24. The summed E-state index contributed by atoms with van der Waals surface area (Å²) in [5.41, 5.74) is 5.18. The average Bonchev–Trinajstić information content (AvgIpc) is 3.13. The SMILES string of the molecule is COc1cc(/C=C2/C(C)=C(CC(=O)Nc3cccnc3)c3cc(F)ccc32)cc(OC)c1SCCP(=O)(O)O. The number of fused-ring (bicyclic) bond motifs is 1. The van der Waals surface area contributed by atoms with Crippen LogP contribution in [0.25, 0.3) is 17.2 Å². The van der Waals surface area contributed by atoms with Gasteiger partial charge in [0, 0.05) is 11.9 Å². The molecule has 0 spiro atoms. The van der Waals surface area contributed by atoms with Crippen molar-refractivity contribution < 1.29 is 33.0 Å². The molecule has 0 bridgehead atoms. The number of pyridine rings is 1. The molecular weight excluding hydrogens is 542 g/mol. The van der Waals surface area contributed by atoms with E-state index in [1.54, 1.807) is 42.7 Å². The molecule has 0 aliphatic heterocycles. The van der Waals surface area contributed by atoms with Gasteiger partial charge in [0.25, 0.3) is 0 Å². The second-order valence-corrected chi connectivity index (χ2v) is 11.7. The van der Waals surface area contributed by atoms with Crippen LogP contribution in [-0.2, 0) is 9.36 Å². The molecule has 39 heavy (non-hydrogen) atoms. The molecule has 11 heteroatoms. The number of nitrogens with zero attached hydrogens (tertiary/aromatic N) is 1. The first-order valence-electron chi connectivity index (χ1n) is 11.9. The van der Waals surface area contributed by atoms with E-state index in [2.05, 4.69) is 10.3 Å². The van der Waals surface area contributed by atoms with Gasteiger partial charge >= 0.3 is 7.60 Å². The Hall–Kier alpha value is -3.43. The molecule has 0 saturated heterocycles. The van der Waals surface area contributed by atoms with Gasteiger partial charge in [-0.25, -0.2) is 4.39 Å². The minimum absolute atomic E-state index is 0.0519. The van der Waals surface area contributed by atoms with Crippen molar-refractivity contribution in [1.82, 2.24) is 4.98 Å². The number of carbonyl (C=O) groups excluding carboxylic acids is 1. The molecule has 8 nitrogen and oxygen atoms in total. The zero-order valence-corrected chi connectivity index (χ0v) is 23.3. The molecule has 1 amide bonds. The first kappa shape index (κ1) is 28.6. The summed E-state index contributed by atoms with van der Waals surface area (Å²) in [6.45, 7) is 1.90. The van der Waals surface area contributed by atoms with Gasteiger partial charge in [-0.3, -0.25) is 14.3 Å². The van der Waals surface area contributed by atoms with E-state index in [1.807, 2.05) is 13.0 Å². The van der Waals surface area contributed by atoms with Crippen molar-refractivity contribution in [2.45, 2.75) is 18.2 Å². The molecule has 0 unspecified atom stereocenters. The Balaban J connectivity index is 1.70. The van der Waals surface area contributed by atoms with Gasteiger partial charge in [0.2, 0.25) is 5.91 Å². The molecule has 1 heterocycles. The molecule has 1 aliphatic carbocycles. The fraction of sp³-hybridized carbons (Fsp3) is 0.214. The van der Waals surface area contributed by atoms with Crippen LogP contribution in [0.1, 0.15) is 30.0 Å². The number of methoxy groups -OCH3 is 2. The van der Waals surface area contributed by atoms with E-state index < -0.39 is 13.4 Å². The van der Waals surface area contributed by atoms with Crippen LogP contribution in [-0.4, -0.2) is 46.8 Å². The quantitative estimate of drug-likeness (QED) is 0.205. The predicted octanol–water partition coefficient (Wildman–Crippen LogP) is 5.86. The van der Waals surface area contributed by atoms with E-state index in [0.717, 1.165) is 27.8 Å². The van der Waals surface area contributed by atoms with Gasteiger partial charge in [-0.2, -0.15) is 0 Å². The molecule has 2 aromatic carbocycles. The highest BCUT2D eigenvalue weighted by Crippen LogP contribution is 2.46. The number of rotatable bonds is 10. The van der Waals surface area contributed by atoms with Crippen molar-refractivity contribution in [3.63, 3.8) is 0 Å². The zero-order valence-electron chi connectivity index (χ0n) is 21.6. The first-order valence-corrected chi connectivity index (χ1v) is 14.7. The van der Waals surface area contributed by atoms with Crippen LogP contribution in [0.15, 0.2) is 65.3 Å². The summed E-state index contributed by atoms with van der Waals surface area (Å²) < 4.78 is 36.7. The van der Waals surface area contributed by atoms with Crippen LogP contribution >= 0.6 is 19.4 Å². The monoisotopic (exact) mass is 570 g/mol. The lowest BCUT2D eigenvalue weighted by atomic mass is 10.0. The largest absolute Gasteiger partial charge is 0.495 e. The second-order valence-electron chi connectivity index (χ2n) is 8.81. The molecule has 3 aromatic rings. The topological polar surface area (TPSA) is 118 Å². The summed E-state index contributed by atoms with van der Waals surface area (Å²) in [6.07, 6.45) is 4.88.